The van der Waals surface area contributed by atoms with Crippen LogP contribution in [0, 0.1) is 0 Å². The number of aromatic nitrogens is 1. The molecule has 0 atom stereocenters. The lowest BCUT2D eigenvalue weighted by Gasteiger charge is -2.30. The number of rotatable bonds is 3. The van der Waals surface area contributed by atoms with Crippen molar-refractivity contribution in [1.82, 2.24) is 9.88 Å². The summed E-state index contributed by atoms with van der Waals surface area (Å²) in [4.78, 5) is 6.08. The van der Waals surface area contributed by atoms with Crippen molar-refractivity contribution < 1.29 is 0 Å². The zero-order valence-corrected chi connectivity index (χ0v) is 13.7. The van der Waals surface area contributed by atoms with E-state index in [9.17, 15) is 0 Å². The molecule has 0 radical (unpaired) electrons. The van der Waals surface area contributed by atoms with Crippen molar-refractivity contribution in [2.75, 3.05) is 25.0 Å². The largest absolute Gasteiger partial charge is 0.380 e. The van der Waals surface area contributed by atoms with Crippen LogP contribution in [0.2, 0.25) is 0 Å². The van der Waals surface area contributed by atoms with Crippen LogP contribution in [0.3, 0.4) is 0 Å². The molecule has 120 valence electrons. The number of hydrogen-bond acceptors (Lipinski definition) is 2. The first-order valence-corrected chi connectivity index (χ1v) is 8.73. The van der Waals surface area contributed by atoms with Crippen LogP contribution < -0.4 is 5.32 Å². The molecule has 2 aromatic carbocycles. The van der Waals surface area contributed by atoms with Crippen molar-refractivity contribution >= 4 is 28.2 Å². The summed E-state index contributed by atoms with van der Waals surface area (Å²) in [5.74, 6) is 0. The molecule has 2 N–H and O–H groups in total. The third-order valence-electron chi connectivity index (χ3n) is 5.15. The van der Waals surface area contributed by atoms with Gasteiger partial charge in [0.1, 0.15) is 0 Å². The fourth-order valence-corrected chi connectivity index (χ4v) is 3.64. The molecular formula is C21H21N3. The molecule has 2 aliphatic rings. The molecule has 0 bridgehead atoms. The van der Waals surface area contributed by atoms with Gasteiger partial charge in [0.25, 0.3) is 0 Å². The second kappa shape index (κ2) is 5.53. The highest BCUT2D eigenvalue weighted by atomic mass is 15.2. The van der Waals surface area contributed by atoms with Gasteiger partial charge in [0.05, 0.1) is 0 Å². The van der Waals surface area contributed by atoms with Gasteiger partial charge >= 0.3 is 0 Å². The van der Waals surface area contributed by atoms with Gasteiger partial charge in [0, 0.05) is 35.4 Å². The molecule has 1 fully saturated rings. The normalized spacial score (nSPS) is 17.1. The van der Waals surface area contributed by atoms with E-state index in [2.05, 4.69) is 69.8 Å². The topological polar surface area (TPSA) is 31.1 Å². The summed E-state index contributed by atoms with van der Waals surface area (Å²) in [6.45, 7) is 4.43. The van der Waals surface area contributed by atoms with Crippen LogP contribution in [0.5, 0.6) is 0 Å². The Hall–Kier alpha value is -2.52. The number of nitrogens with zero attached hydrogens (tertiary/aromatic N) is 1. The molecule has 1 saturated heterocycles. The molecule has 0 saturated carbocycles. The Morgan fingerprint density at radius 2 is 1.92 bits per heavy atom. The van der Waals surface area contributed by atoms with Gasteiger partial charge in [0.15, 0.2) is 0 Å². The SMILES string of the molecule is C1=C(c2cc3cc(CN4CCC4)ccc3[nH]2)CNc2ccccc21. The van der Waals surface area contributed by atoms with Crippen molar-refractivity contribution in [2.45, 2.75) is 13.0 Å². The standard InChI is InChI=1S/C21H21N3/c1-2-5-19-16(4-1)11-18(13-22-19)21-12-17-10-15(6-7-20(17)23-21)14-24-8-3-9-24/h1-2,4-7,10-12,22-23H,3,8-9,13-14H2. The molecule has 0 unspecified atom stereocenters. The minimum Gasteiger partial charge on any atom is -0.380 e. The fraction of sp³-hybridized carbons (Fsp3) is 0.238. The summed E-state index contributed by atoms with van der Waals surface area (Å²) < 4.78 is 0. The monoisotopic (exact) mass is 315 g/mol. The Morgan fingerprint density at radius 3 is 2.79 bits per heavy atom. The Balaban J connectivity index is 1.48. The van der Waals surface area contributed by atoms with Crippen molar-refractivity contribution in [3.05, 3.63) is 65.4 Å². The summed E-state index contributed by atoms with van der Waals surface area (Å²) in [7, 11) is 0. The van der Waals surface area contributed by atoms with E-state index >= 15 is 0 Å². The van der Waals surface area contributed by atoms with Gasteiger partial charge in [-0.1, -0.05) is 24.3 Å². The van der Waals surface area contributed by atoms with Crippen LogP contribution in [-0.4, -0.2) is 29.5 Å². The zero-order chi connectivity index (χ0) is 15.9. The second-order valence-electron chi connectivity index (χ2n) is 6.84. The first-order chi connectivity index (χ1) is 11.8. The van der Waals surface area contributed by atoms with E-state index in [1.54, 1.807) is 0 Å². The molecule has 3 aromatic rings. The maximum Gasteiger partial charge on any atom is 0.0458 e. The molecule has 5 rings (SSSR count). The van der Waals surface area contributed by atoms with Gasteiger partial charge in [-0.2, -0.15) is 0 Å². The number of anilines is 1. The minimum atomic E-state index is 0.866. The van der Waals surface area contributed by atoms with Crippen LogP contribution in [0.1, 0.15) is 23.2 Å². The van der Waals surface area contributed by atoms with Gasteiger partial charge in [-0.05, 0) is 66.6 Å². The van der Waals surface area contributed by atoms with E-state index in [1.165, 1.54) is 58.5 Å². The second-order valence-corrected chi connectivity index (χ2v) is 6.84. The Morgan fingerprint density at radius 1 is 1.00 bits per heavy atom. The number of nitrogens with one attached hydrogen (secondary N) is 2. The first-order valence-electron chi connectivity index (χ1n) is 8.73. The van der Waals surface area contributed by atoms with E-state index in [0.717, 1.165) is 13.1 Å². The quantitative estimate of drug-likeness (QED) is 0.753. The predicted octanol–water partition coefficient (Wildman–Crippen LogP) is 4.34. The van der Waals surface area contributed by atoms with Gasteiger partial charge in [0.2, 0.25) is 0 Å². The number of para-hydroxylation sites is 1. The number of fused-ring (bicyclic) bond motifs is 2. The van der Waals surface area contributed by atoms with Gasteiger partial charge in [-0.25, -0.2) is 0 Å². The van der Waals surface area contributed by atoms with E-state index in [0.29, 0.717) is 0 Å². The predicted molar refractivity (Wildman–Crippen MR) is 101 cm³/mol. The Labute approximate surface area is 142 Å². The van der Waals surface area contributed by atoms with E-state index in [1.807, 2.05) is 0 Å². The highest BCUT2D eigenvalue weighted by molar-refractivity contribution is 5.93. The summed E-state index contributed by atoms with van der Waals surface area (Å²) >= 11 is 0. The van der Waals surface area contributed by atoms with Crippen molar-refractivity contribution in [2.24, 2.45) is 0 Å². The van der Waals surface area contributed by atoms with E-state index < -0.39 is 0 Å². The summed E-state index contributed by atoms with van der Waals surface area (Å²) in [5, 5.41) is 4.82. The number of hydrogen-bond donors (Lipinski definition) is 2. The molecule has 0 aliphatic carbocycles. The molecular weight excluding hydrogens is 294 g/mol. The number of aromatic amines is 1. The third kappa shape index (κ3) is 2.42. The maximum absolute atomic E-state index is 3.58. The average molecular weight is 315 g/mol. The summed E-state index contributed by atoms with van der Waals surface area (Å²) in [6.07, 6.45) is 3.64. The summed E-state index contributed by atoms with van der Waals surface area (Å²) in [5.41, 5.74) is 7.64. The van der Waals surface area contributed by atoms with Crippen molar-refractivity contribution in [3.63, 3.8) is 0 Å². The molecule has 3 heteroatoms. The molecule has 24 heavy (non-hydrogen) atoms. The lowest BCUT2D eigenvalue weighted by Crippen LogP contribution is -2.36. The smallest absolute Gasteiger partial charge is 0.0458 e. The summed E-state index contributed by atoms with van der Waals surface area (Å²) in [6, 6.07) is 17.6. The van der Waals surface area contributed by atoms with Crippen LogP contribution in [-0.2, 0) is 6.54 Å². The molecule has 3 nitrogen and oxygen atoms in total. The van der Waals surface area contributed by atoms with Crippen LogP contribution >= 0.6 is 0 Å². The van der Waals surface area contributed by atoms with Gasteiger partial charge in [-0.15, -0.1) is 0 Å². The molecule has 0 spiro atoms. The zero-order valence-electron chi connectivity index (χ0n) is 13.7. The van der Waals surface area contributed by atoms with Gasteiger partial charge in [-0.3, -0.25) is 4.90 Å². The highest BCUT2D eigenvalue weighted by Crippen LogP contribution is 2.30. The van der Waals surface area contributed by atoms with E-state index in [4.69, 9.17) is 0 Å². The highest BCUT2D eigenvalue weighted by Gasteiger charge is 2.15. The van der Waals surface area contributed by atoms with E-state index in [-0.39, 0.29) is 0 Å². The van der Waals surface area contributed by atoms with Crippen LogP contribution in [0.4, 0.5) is 5.69 Å². The van der Waals surface area contributed by atoms with Crippen LogP contribution in [0.25, 0.3) is 22.6 Å². The Bertz CT molecular complexity index is 931. The lowest BCUT2D eigenvalue weighted by atomic mass is 10.0. The molecule has 2 aliphatic heterocycles. The molecule has 0 amide bonds. The average Bonchev–Trinajstić information content (AvgIpc) is 3.01. The molecule has 1 aromatic heterocycles. The molecule has 3 heterocycles. The fourth-order valence-electron chi connectivity index (χ4n) is 3.64. The van der Waals surface area contributed by atoms with Gasteiger partial charge < -0.3 is 10.3 Å². The third-order valence-corrected chi connectivity index (χ3v) is 5.15. The minimum absolute atomic E-state index is 0.866. The first kappa shape index (κ1) is 13.9. The van der Waals surface area contributed by atoms with Crippen LogP contribution in [0.15, 0.2) is 48.5 Å². The van der Waals surface area contributed by atoms with Crippen molar-refractivity contribution in [3.8, 4) is 0 Å². The Kier molecular flexibility index (Phi) is 3.20. The van der Waals surface area contributed by atoms with Crippen molar-refractivity contribution in [1.29, 1.82) is 0 Å². The number of likely N-dealkylation sites (tertiary alicyclic amines) is 1. The maximum atomic E-state index is 3.58. The number of benzene rings is 2. The number of H-pyrrole nitrogens is 1. The lowest BCUT2D eigenvalue weighted by molar-refractivity contribution is 0.172.